The van der Waals surface area contributed by atoms with Crippen LogP contribution in [0.15, 0.2) is 97.1 Å². The lowest BCUT2D eigenvalue weighted by Gasteiger charge is -2.39. The molecule has 7 nitrogen and oxygen atoms in total. The van der Waals surface area contributed by atoms with E-state index in [0.29, 0.717) is 28.3 Å². The molecule has 1 saturated heterocycles. The first kappa shape index (κ1) is 27.7. The molecule has 3 aliphatic rings. The number of rotatable bonds is 6. The minimum Gasteiger partial charge on any atom is -0.497 e. The van der Waals surface area contributed by atoms with E-state index in [0.717, 1.165) is 22.4 Å². The van der Waals surface area contributed by atoms with Crippen molar-refractivity contribution in [3.63, 3.8) is 0 Å². The highest BCUT2D eigenvalue weighted by Crippen LogP contribution is 2.59. The van der Waals surface area contributed by atoms with Crippen molar-refractivity contribution < 1.29 is 23.9 Å². The molecule has 3 aliphatic heterocycles. The number of ether oxygens (including phenoxy) is 2. The van der Waals surface area contributed by atoms with Crippen molar-refractivity contribution in [2.45, 2.75) is 31.3 Å². The van der Waals surface area contributed by atoms with E-state index < -0.39 is 23.4 Å². The molecule has 0 saturated carbocycles. The van der Waals surface area contributed by atoms with Crippen molar-refractivity contribution in [3.05, 3.63) is 125 Å². The molecule has 1 spiro atoms. The number of methoxy groups -OCH3 is 2. The molecule has 4 atom stereocenters. The number of carbonyl (C=O) groups excluding carboxylic acids is 3. The third-order valence-electron chi connectivity index (χ3n) is 9.41. The van der Waals surface area contributed by atoms with Gasteiger partial charge in [-0.1, -0.05) is 66.2 Å². The van der Waals surface area contributed by atoms with Gasteiger partial charge in [-0.15, -0.1) is 0 Å². The number of anilines is 2. The molecular weight excluding hydrogens is 552 g/mol. The van der Waals surface area contributed by atoms with E-state index in [1.54, 1.807) is 30.3 Å². The summed E-state index contributed by atoms with van der Waals surface area (Å²) < 4.78 is 11.2. The molecule has 0 radical (unpaired) electrons. The Balaban J connectivity index is 1.57. The zero-order valence-electron chi connectivity index (χ0n) is 25.0. The van der Waals surface area contributed by atoms with Gasteiger partial charge >= 0.3 is 0 Å². The van der Waals surface area contributed by atoms with Crippen molar-refractivity contribution >= 4 is 34.4 Å². The molecular formula is C37H32N2O5. The summed E-state index contributed by atoms with van der Waals surface area (Å²) in [5.74, 6) is -1.20. The number of fused-ring (bicyclic) bond motifs is 6. The zero-order valence-corrected chi connectivity index (χ0v) is 25.0. The predicted octanol–water partition coefficient (Wildman–Crippen LogP) is 6.26. The van der Waals surface area contributed by atoms with Gasteiger partial charge < -0.3 is 19.7 Å². The molecule has 0 aromatic heterocycles. The number of Topliss-reactive ketones (excluding diaryl/α,β-unsaturated/α-hetero) is 2. The van der Waals surface area contributed by atoms with Crippen LogP contribution in [-0.2, 0) is 10.2 Å². The summed E-state index contributed by atoms with van der Waals surface area (Å²) in [6.45, 7) is 4.05. The van der Waals surface area contributed by atoms with Crippen LogP contribution in [0.1, 0.15) is 44.3 Å². The fraction of sp³-hybridized carbons (Fsp3) is 0.216. The number of amides is 1. The van der Waals surface area contributed by atoms with Gasteiger partial charge in [0.25, 0.3) is 0 Å². The van der Waals surface area contributed by atoms with Gasteiger partial charge in [-0.05, 0) is 61.4 Å². The second-order valence-electron chi connectivity index (χ2n) is 11.7. The van der Waals surface area contributed by atoms with Crippen LogP contribution >= 0.6 is 0 Å². The molecule has 1 N–H and O–H groups in total. The maximum atomic E-state index is 15.2. The highest BCUT2D eigenvalue weighted by atomic mass is 16.5. The molecule has 7 rings (SSSR count). The molecule has 0 aliphatic carbocycles. The molecule has 7 heteroatoms. The first-order valence-electron chi connectivity index (χ1n) is 14.7. The van der Waals surface area contributed by atoms with Gasteiger partial charge in [0.2, 0.25) is 5.91 Å². The van der Waals surface area contributed by atoms with Crippen LogP contribution in [-0.4, -0.2) is 43.8 Å². The van der Waals surface area contributed by atoms with Crippen LogP contribution in [0.3, 0.4) is 0 Å². The second-order valence-corrected chi connectivity index (χ2v) is 11.7. The van der Waals surface area contributed by atoms with Crippen LogP contribution in [0.5, 0.6) is 11.5 Å². The Bertz CT molecular complexity index is 1880. The lowest BCUT2D eigenvalue weighted by Crippen LogP contribution is -2.51. The lowest BCUT2D eigenvalue weighted by molar-refractivity contribution is -0.121. The SMILES string of the molecule is COc1ccc(OC)c(C(=O)[C@H]2[C@@H](C(=O)c3ccccc3)N3c4ccc(C)cc4C(C)=C[C@@H]3[C@@]23C(=O)Nc2ccccc23)c1. The van der Waals surface area contributed by atoms with Crippen molar-refractivity contribution in [3.8, 4) is 11.5 Å². The number of hydrogen-bond acceptors (Lipinski definition) is 6. The number of nitrogens with zero attached hydrogens (tertiary/aromatic N) is 1. The number of allylic oxidation sites excluding steroid dienone is 1. The second kappa shape index (κ2) is 10.2. The van der Waals surface area contributed by atoms with Gasteiger partial charge in [-0.25, -0.2) is 0 Å². The summed E-state index contributed by atoms with van der Waals surface area (Å²) in [6.07, 6.45) is 2.06. The van der Waals surface area contributed by atoms with Crippen LogP contribution in [0.2, 0.25) is 0 Å². The van der Waals surface area contributed by atoms with Crippen LogP contribution in [0, 0.1) is 12.8 Å². The van der Waals surface area contributed by atoms with E-state index in [9.17, 15) is 9.59 Å². The Morgan fingerprint density at radius 3 is 2.34 bits per heavy atom. The third kappa shape index (κ3) is 3.78. The van der Waals surface area contributed by atoms with Crippen molar-refractivity contribution in [2.75, 3.05) is 24.4 Å². The average molecular weight is 585 g/mol. The number of aryl methyl sites for hydroxylation is 1. The number of ketones is 2. The van der Waals surface area contributed by atoms with E-state index in [1.165, 1.54) is 14.2 Å². The Labute approximate surface area is 256 Å². The fourth-order valence-corrected chi connectivity index (χ4v) is 7.49. The highest BCUT2D eigenvalue weighted by molar-refractivity contribution is 6.19. The molecule has 3 heterocycles. The van der Waals surface area contributed by atoms with Crippen molar-refractivity contribution in [1.82, 2.24) is 0 Å². The monoisotopic (exact) mass is 584 g/mol. The number of hydrogen-bond donors (Lipinski definition) is 1. The lowest BCUT2D eigenvalue weighted by atomic mass is 9.63. The molecule has 4 aromatic carbocycles. The highest BCUT2D eigenvalue weighted by Gasteiger charge is 2.70. The smallest absolute Gasteiger partial charge is 0.238 e. The predicted molar refractivity (Wildman–Crippen MR) is 170 cm³/mol. The number of carbonyl (C=O) groups is 3. The Kier molecular flexibility index (Phi) is 6.43. The molecule has 1 amide bonds. The van der Waals surface area contributed by atoms with E-state index >= 15 is 4.79 Å². The van der Waals surface area contributed by atoms with Crippen LogP contribution in [0.25, 0.3) is 5.57 Å². The third-order valence-corrected chi connectivity index (χ3v) is 9.41. The van der Waals surface area contributed by atoms with E-state index in [4.69, 9.17) is 9.47 Å². The minimum absolute atomic E-state index is 0.232. The topological polar surface area (TPSA) is 84.9 Å². The van der Waals surface area contributed by atoms with Gasteiger partial charge in [-0.2, -0.15) is 0 Å². The molecule has 44 heavy (non-hydrogen) atoms. The standard InChI is InChI=1S/C37H32N2O5/c1-21-14-16-29-25(18-21)22(2)19-31-37(27-12-8-9-13-28(27)38-36(37)42)32(33(39(29)31)34(40)23-10-6-5-7-11-23)35(41)26-20-24(43-3)15-17-30(26)44-4/h5-20,31-33H,1-4H3,(H,38,42)/t31-,32-,33+,37-/m1/s1. The Morgan fingerprint density at radius 1 is 0.841 bits per heavy atom. The summed E-state index contributed by atoms with van der Waals surface area (Å²) in [5, 5.41) is 3.08. The summed E-state index contributed by atoms with van der Waals surface area (Å²) >= 11 is 0. The van der Waals surface area contributed by atoms with E-state index in [2.05, 4.69) is 17.5 Å². The molecule has 4 aromatic rings. The van der Waals surface area contributed by atoms with Crippen molar-refractivity contribution in [1.29, 1.82) is 0 Å². The molecule has 220 valence electrons. The normalized spacial score (nSPS) is 22.9. The molecule has 0 bridgehead atoms. The largest absolute Gasteiger partial charge is 0.497 e. The summed E-state index contributed by atoms with van der Waals surface area (Å²) in [4.78, 5) is 46.7. The van der Waals surface area contributed by atoms with Gasteiger partial charge in [0, 0.05) is 22.5 Å². The number of nitrogens with one attached hydrogen (secondary N) is 1. The first-order chi connectivity index (χ1) is 21.3. The minimum atomic E-state index is -1.42. The summed E-state index contributed by atoms with van der Waals surface area (Å²) in [6, 6.07) is 26.0. The zero-order chi connectivity index (χ0) is 30.7. The summed E-state index contributed by atoms with van der Waals surface area (Å²) in [5.41, 5.74) is 4.50. The maximum Gasteiger partial charge on any atom is 0.238 e. The summed E-state index contributed by atoms with van der Waals surface area (Å²) in [7, 11) is 3.03. The quantitative estimate of drug-likeness (QED) is 0.270. The van der Waals surface area contributed by atoms with Gasteiger partial charge in [0.15, 0.2) is 11.6 Å². The Hall–Kier alpha value is -5.17. The average Bonchev–Trinajstić information content (AvgIpc) is 3.52. The van der Waals surface area contributed by atoms with Crippen LogP contribution < -0.4 is 19.7 Å². The fourth-order valence-electron chi connectivity index (χ4n) is 7.49. The van der Waals surface area contributed by atoms with Crippen LogP contribution in [0.4, 0.5) is 11.4 Å². The van der Waals surface area contributed by atoms with Gasteiger partial charge in [0.05, 0.1) is 31.7 Å². The maximum absolute atomic E-state index is 15.2. The molecule has 1 fully saturated rings. The van der Waals surface area contributed by atoms with Gasteiger partial charge in [-0.3, -0.25) is 14.4 Å². The number of benzene rings is 4. The van der Waals surface area contributed by atoms with Crippen molar-refractivity contribution in [2.24, 2.45) is 5.92 Å². The molecule has 0 unspecified atom stereocenters. The number of para-hydroxylation sites is 1. The Morgan fingerprint density at radius 2 is 1.59 bits per heavy atom. The van der Waals surface area contributed by atoms with E-state index in [1.807, 2.05) is 73.3 Å². The first-order valence-corrected chi connectivity index (χ1v) is 14.7. The van der Waals surface area contributed by atoms with E-state index in [-0.39, 0.29) is 23.0 Å². The van der Waals surface area contributed by atoms with Gasteiger partial charge in [0.1, 0.15) is 23.0 Å².